The maximum absolute atomic E-state index is 13.5. The number of para-hydroxylation sites is 1. The molecule has 0 saturated carbocycles. The molecule has 3 aromatic rings. The van der Waals surface area contributed by atoms with E-state index in [0.29, 0.717) is 32.4 Å². The number of fused-ring (bicyclic) bond motifs is 1. The molecule has 170 valence electrons. The van der Waals surface area contributed by atoms with Gasteiger partial charge in [0.25, 0.3) is 0 Å². The molecular formula is C24H31N5O2S. The summed E-state index contributed by atoms with van der Waals surface area (Å²) < 4.78 is 2.00. The van der Waals surface area contributed by atoms with E-state index >= 15 is 0 Å². The fourth-order valence-corrected chi connectivity index (χ4v) is 5.79. The van der Waals surface area contributed by atoms with Crippen molar-refractivity contribution in [3.63, 3.8) is 0 Å². The molecule has 0 bridgehead atoms. The number of imidazole rings is 1. The Balaban J connectivity index is 1.45. The molecule has 8 heteroatoms. The first kappa shape index (κ1) is 22.5. The standard InChI is InChI=1S/C24H31N5O2S/c1-19(30)29(13-7-20-17-27-22-6-3-2-5-21(20)22)24(8-15-32-16-9-24)23(31)26-10-4-12-28-14-11-25-18-28/h2-3,5-6,11,14,17-18,27H,4,7-10,12-13,15-16H2,1H3,(H,26,31). The van der Waals surface area contributed by atoms with Gasteiger partial charge >= 0.3 is 0 Å². The molecule has 0 aliphatic carbocycles. The lowest BCUT2D eigenvalue weighted by atomic mass is 9.88. The topological polar surface area (TPSA) is 83.0 Å². The zero-order valence-corrected chi connectivity index (χ0v) is 19.4. The van der Waals surface area contributed by atoms with Crippen LogP contribution in [0.2, 0.25) is 0 Å². The van der Waals surface area contributed by atoms with E-state index in [2.05, 4.69) is 27.4 Å². The summed E-state index contributed by atoms with van der Waals surface area (Å²) in [7, 11) is 0. The molecule has 1 aromatic carbocycles. The summed E-state index contributed by atoms with van der Waals surface area (Å²) in [6, 6.07) is 8.19. The van der Waals surface area contributed by atoms with Gasteiger partial charge < -0.3 is 19.8 Å². The predicted octanol–water partition coefficient (Wildman–Crippen LogP) is 3.23. The number of hydrogen-bond acceptors (Lipinski definition) is 4. The summed E-state index contributed by atoms with van der Waals surface area (Å²) in [5.74, 6) is 1.72. The van der Waals surface area contributed by atoms with Crippen molar-refractivity contribution in [3.8, 4) is 0 Å². The highest BCUT2D eigenvalue weighted by Crippen LogP contribution is 2.34. The fourth-order valence-electron chi connectivity index (χ4n) is 4.62. The first-order valence-corrected chi connectivity index (χ1v) is 12.4. The molecule has 0 atom stereocenters. The Morgan fingerprint density at radius 1 is 1.28 bits per heavy atom. The van der Waals surface area contributed by atoms with Gasteiger partial charge in [-0.25, -0.2) is 4.98 Å². The second-order valence-electron chi connectivity index (χ2n) is 8.33. The number of carbonyl (C=O) groups excluding carboxylic acids is 2. The Hall–Kier alpha value is -2.74. The summed E-state index contributed by atoms with van der Waals surface area (Å²) >= 11 is 1.85. The molecule has 1 fully saturated rings. The number of aryl methyl sites for hydroxylation is 1. The quantitative estimate of drug-likeness (QED) is 0.488. The SMILES string of the molecule is CC(=O)N(CCc1c[nH]c2ccccc12)C1(C(=O)NCCCn2ccnc2)CCSCC1. The Kier molecular flexibility index (Phi) is 7.19. The van der Waals surface area contributed by atoms with Gasteiger partial charge in [-0.15, -0.1) is 0 Å². The Morgan fingerprint density at radius 2 is 2.09 bits per heavy atom. The van der Waals surface area contributed by atoms with E-state index in [1.165, 1.54) is 10.9 Å². The van der Waals surface area contributed by atoms with Gasteiger partial charge in [0.05, 0.1) is 6.33 Å². The van der Waals surface area contributed by atoms with E-state index in [4.69, 9.17) is 0 Å². The molecular weight excluding hydrogens is 422 g/mol. The van der Waals surface area contributed by atoms with Crippen LogP contribution >= 0.6 is 11.8 Å². The van der Waals surface area contributed by atoms with Crippen LogP contribution in [-0.4, -0.2) is 61.4 Å². The highest BCUT2D eigenvalue weighted by molar-refractivity contribution is 7.99. The van der Waals surface area contributed by atoms with Crippen molar-refractivity contribution in [2.24, 2.45) is 0 Å². The predicted molar refractivity (Wildman–Crippen MR) is 129 cm³/mol. The Labute approximate surface area is 193 Å². The summed E-state index contributed by atoms with van der Waals surface area (Å²) in [4.78, 5) is 35.4. The summed E-state index contributed by atoms with van der Waals surface area (Å²) in [6.07, 6.45) is 10.4. The number of hydrogen-bond donors (Lipinski definition) is 2. The van der Waals surface area contributed by atoms with Crippen LogP contribution in [0.4, 0.5) is 0 Å². The summed E-state index contributed by atoms with van der Waals surface area (Å²) in [5, 5.41) is 4.31. The van der Waals surface area contributed by atoms with Crippen molar-refractivity contribution in [1.29, 1.82) is 0 Å². The van der Waals surface area contributed by atoms with Gasteiger partial charge in [0.15, 0.2) is 0 Å². The number of aromatic nitrogens is 3. The van der Waals surface area contributed by atoms with Crippen molar-refractivity contribution in [3.05, 3.63) is 54.7 Å². The van der Waals surface area contributed by atoms with Crippen molar-refractivity contribution in [2.75, 3.05) is 24.6 Å². The van der Waals surface area contributed by atoms with Crippen LogP contribution in [0.15, 0.2) is 49.2 Å². The molecule has 3 heterocycles. The number of amides is 2. The molecule has 1 aliphatic rings. The highest BCUT2D eigenvalue weighted by Gasteiger charge is 2.46. The molecule has 7 nitrogen and oxygen atoms in total. The van der Waals surface area contributed by atoms with Gasteiger partial charge in [-0.3, -0.25) is 9.59 Å². The number of H-pyrrole nitrogens is 1. The lowest BCUT2D eigenvalue weighted by Crippen LogP contribution is -2.62. The number of nitrogens with zero attached hydrogens (tertiary/aromatic N) is 3. The van der Waals surface area contributed by atoms with E-state index < -0.39 is 5.54 Å². The molecule has 1 saturated heterocycles. The third-order valence-corrected chi connectivity index (χ3v) is 7.34. The summed E-state index contributed by atoms with van der Waals surface area (Å²) in [5.41, 5.74) is 1.50. The molecule has 0 spiro atoms. The van der Waals surface area contributed by atoms with Crippen molar-refractivity contribution >= 4 is 34.5 Å². The molecule has 0 unspecified atom stereocenters. The Bertz CT molecular complexity index is 1040. The zero-order valence-electron chi connectivity index (χ0n) is 18.5. The van der Waals surface area contributed by atoms with Crippen LogP contribution in [0.3, 0.4) is 0 Å². The van der Waals surface area contributed by atoms with E-state index in [0.717, 1.165) is 30.0 Å². The third-order valence-electron chi connectivity index (χ3n) is 6.36. The summed E-state index contributed by atoms with van der Waals surface area (Å²) in [6.45, 7) is 3.51. The second kappa shape index (κ2) is 10.3. The van der Waals surface area contributed by atoms with Gasteiger partial charge in [0.1, 0.15) is 5.54 Å². The Morgan fingerprint density at radius 3 is 2.84 bits per heavy atom. The first-order valence-electron chi connectivity index (χ1n) is 11.3. The fraction of sp³-hybridized carbons (Fsp3) is 0.458. The van der Waals surface area contributed by atoms with Gasteiger partial charge in [-0.1, -0.05) is 18.2 Å². The zero-order chi connectivity index (χ0) is 22.4. The number of benzene rings is 1. The molecule has 4 rings (SSSR count). The van der Waals surface area contributed by atoms with Crippen LogP contribution in [0.25, 0.3) is 10.9 Å². The van der Waals surface area contributed by atoms with Gasteiger partial charge in [-0.2, -0.15) is 11.8 Å². The van der Waals surface area contributed by atoms with Crippen LogP contribution in [0.5, 0.6) is 0 Å². The third kappa shape index (κ3) is 4.85. The van der Waals surface area contributed by atoms with Crippen molar-refractivity contribution in [2.45, 2.75) is 44.7 Å². The van der Waals surface area contributed by atoms with Crippen molar-refractivity contribution < 1.29 is 9.59 Å². The minimum Gasteiger partial charge on any atom is -0.361 e. The monoisotopic (exact) mass is 453 g/mol. The molecule has 2 N–H and O–H groups in total. The molecule has 2 amide bonds. The molecule has 32 heavy (non-hydrogen) atoms. The average molecular weight is 454 g/mol. The van der Waals surface area contributed by atoms with E-state index in [-0.39, 0.29) is 11.8 Å². The molecule has 1 aliphatic heterocycles. The number of nitrogens with one attached hydrogen (secondary N) is 2. The van der Waals surface area contributed by atoms with Crippen LogP contribution < -0.4 is 5.32 Å². The normalized spacial score (nSPS) is 15.5. The van der Waals surface area contributed by atoms with E-state index in [1.54, 1.807) is 19.4 Å². The smallest absolute Gasteiger partial charge is 0.246 e. The largest absolute Gasteiger partial charge is 0.361 e. The molecule has 0 radical (unpaired) electrons. The van der Waals surface area contributed by atoms with Gasteiger partial charge in [-0.05, 0) is 48.8 Å². The van der Waals surface area contributed by atoms with E-state index in [1.807, 2.05) is 45.8 Å². The van der Waals surface area contributed by atoms with Crippen LogP contribution in [0, 0.1) is 0 Å². The maximum atomic E-state index is 13.5. The molecule has 2 aromatic heterocycles. The number of rotatable bonds is 9. The lowest BCUT2D eigenvalue weighted by Gasteiger charge is -2.44. The maximum Gasteiger partial charge on any atom is 0.246 e. The van der Waals surface area contributed by atoms with E-state index in [9.17, 15) is 9.59 Å². The van der Waals surface area contributed by atoms with Crippen LogP contribution in [-0.2, 0) is 22.6 Å². The van der Waals surface area contributed by atoms with Crippen molar-refractivity contribution in [1.82, 2.24) is 24.8 Å². The average Bonchev–Trinajstić information content (AvgIpc) is 3.47. The number of carbonyl (C=O) groups is 2. The first-order chi connectivity index (χ1) is 15.6. The number of aromatic amines is 1. The minimum absolute atomic E-state index is 0.0162. The van der Waals surface area contributed by atoms with Crippen LogP contribution in [0.1, 0.15) is 31.7 Å². The van der Waals surface area contributed by atoms with Gasteiger partial charge in [0, 0.05) is 56.1 Å². The second-order valence-corrected chi connectivity index (χ2v) is 9.56. The van der Waals surface area contributed by atoms with Gasteiger partial charge in [0.2, 0.25) is 11.8 Å². The number of thioether (sulfide) groups is 1. The minimum atomic E-state index is -0.766. The lowest BCUT2D eigenvalue weighted by molar-refractivity contribution is -0.147. The highest BCUT2D eigenvalue weighted by atomic mass is 32.2.